The second-order valence-electron chi connectivity index (χ2n) is 2.73. The molecule has 1 aromatic heterocycles. The number of aromatic nitrogens is 1. The number of nitrogens with two attached hydrogens (primary N) is 1. The maximum absolute atomic E-state index is 10.0. The molecule has 0 saturated carbocycles. The van der Waals surface area contributed by atoms with Crippen molar-refractivity contribution < 1.29 is 4.79 Å². The van der Waals surface area contributed by atoms with Crippen LogP contribution in [0, 0.1) is 0 Å². The van der Waals surface area contributed by atoms with Gasteiger partial charge in [0.1, 0.15) is 5.15 Å². The zero-order chi connectivity index (χ0) is 10.4. The van der Waals surface area contributed by atoms with Crippen molar-refractivity contribution in [1.29, 1.82) is 0 Å². The van der Waals surface area contributed by atoms with Gasteiger partial charge in [-0.25, -0.2) is 9.78 Å². The molecule has 4 nitrogen and oxygen atoms in total. The molecule has 1 rings (SSSR count). The Morgan fingerprint density at radius 1 is 1.57 bits per heavy atom. The van der Waals surface area contributed by atoms with Crippen molar-refractivity contribution in [3.05, 3.63) is 23.0 Å². The minimum absolute atomic E-state index is 0.327. The van der Waals surface area contributed by atoms with Gasteiger partial charge in [-0.1, -0.05) is 11.6 Å². The third-order valence-electron chi connectivity index (χ3n) is 1.64. The zero-order valence-corrected chi connectivity index (χ0v) is 8.29. The van der Waals surface area contributed by atoms with E-state index < -0.39 is 0 Å². The molecular formula is C9H10ClN3O. The molecule has 1 aromatic rings. The standard InChI is InChI=1S/C9H10ClN3O/c10-9-5-8(12-6-14)4-7(13-9)2-1-3-11/h4-5H,1-3,11H2. The molecule has 5 heteroatoms. The Labute approximate surface area is 86.8 Å². The third-order valence-corrected chi connectivity index (χ3v) is 1.84. The zero-order valence-electron chi connectivity index (χ0n) is 7.53. The minimum atomic E-state index is 0.327. The molecule has 0 bridgehead atoms. The number of hydrogen-bond donors (Lipinski definition) is 1. The van der Waals surface area contributed by atoms with Gasteiger partial charge < -0.3 is 5.73 Å². The van der Waals surface area contributed by atoms with Gasteiger partial charge in [0.05, 0.1) is 5.69 Å². The molecule has 14 heavy (non-hydrogen) atoms. The fourth-order valence-electron chi connectivity index (χ4n) is 1.06. The van der Waals surface area contributed by atoms with Crippen molar-refractivity contribution in [2.24, 2.45) is 10.7 Å². The lowest BCUT2D eigenvalue weighted by Crippen LogP contribution is -2.01. The number of isocyanates is 1. The van der Waals surface area contributed by atoms with Crippen LogP contribution in [0.2, 0.25) is 5.15 Å². The molecule has 74 valence electrons. The molecule has 0 atom stereocenters. The normalized spacial score (nSPS) is 9.57. The average molecular weight is 212 g/mol. The summed E-state index contributed by atoms with van der Waals surface area (Å²) >= 11 is 5.73. The Morgan fingerprint density at radius 2 is 2.36 bits per heavy atom. The largest absolute Gasteiger partial charge is 0.330 e. The van der Waals surface area contributed by atoms with E-state index in [0.29, 0.717) is 17.4 Å². The molecular weight excluding hydrogens is 202 g/mol. The van der Waals surface area contributed by atoms with E-state index in [4.69, 9.17) is 17.3 Å². The Hall–Kier alpha value is -1.22. The summed E-state index contributed by atoms with van der Waals surface area (Å²) in [7, 11) is 0. The summed E-state index contributed by atoms with van der Waals surface area (Å²) in [6, 6.07) is 3.21. The van der Waals surface area contributed by atoms with E-state index in [0.717, 1.165) is 18.5 Å². The highest BCUT2D eigenvalue weighted by atomic mass is 35.5. The van der Waals surface area contributed by atoms with Crippen LogP contribution in [0.3, 0.4) is 0 Å². The van der Waals surface area contributed by atoms with Gasteiger partial charge in [0, 0.05) is 11.8 Å². The number of aliphatic imine (C=N–C) groups is 1. The fourth-order valence-corrected chi connectivity index (χ4v) is 1.28. The van der Waals surface area contributed by atoms with Gasteiger partial charge in [0.25, 0.3) is 0 Å². The second kappa shape index (κ2) is 5.50. The second-order valence-corrected chi connectivity index (χ2v) is 3.12. The van der Waals surface area contributed by atoms with Crippen molar-refractivity contribution in [3.8, 4) is 0 Å². The maximum Gasteiger partial charge on any atom is 0.240 e. The summed E-state index contributed by atoms with van der Waals surface area (Å²) in [5.74, 6) is 0. The summed E-state index contributed by atoms with van der Waals surface area (Å²) in [6.07, 6.45) is 3.02. The van der Waals surface area contributed by atoms with E-state index in [-0.39, 0.29) is 0 Å². The number of nitrogens with zero attached hydrogens (tertiary/aromatic N) is 2. The van der Waals surface area contributed by atoms with Crippen molar-refractivity contribution >= 4 is 23.4 Å². The van der Waals surface area contributed by atoms with Gasteiger partial charge in [0.2, 0.25) is 6.08 Å². The fraction of sp³-hybridized carbons (Fsp3) is 0.333. The predicted molar refractivity (Wildman–Crippen MR) is 54.4 cm³/mol. The lowest BCUT2D eigenvalue weighted by molar-refractivity contribution is 0.565. The van der Waals surface area contributed by atoms with E-state index in [1.807, 2.05) is 0 Å². The summed E-state index contributed by atoms with van der Waals surface area (Å²) in [4.78, 5) is 17.6. The highest BCUT2D eigenvalue weighted by Crippen LogP contribution is 2.18. The van der Waals surface area contributed by atoms with Crippen LogP contribution < -0.4 is 5.73 Å². The number of hydrogen-bond acceptors (Lipinski definition) is 4. The number of halogens is 1. The van der Waals surface area contributed by atoms with Crippen LogP contribution in [0.1, 0.15) is 12.1 Å². The molecule has 1 heterocycles. The molecule has 0 fully saturated rings. The lowest BCUT2D eigenvalue weighted by atomic mass is 10.2. The lowest BCUT2D eigenvalue weighted by Gasteiger charge is -2.00. The highest BCUT2D eigenvalue weighted by molar-refractivity contribution is 6.29. The SMILES string of the molecule is NCCCc1cc(N=C=O)cc(Cl)n1. The molecule has 0 radical (unpaired) electrons. The number of rotatable bonds is 4. The van der Waals surface area contributed by atoms with Crippen LogP contribution in [-0.2, 0) is 11.2 Å². The van der Waals surface area contributed by atoms with Gasteiger partial charge in [-0.2, -0.15) is 4.99 Å². The van der Waals surface area contributed by atoms with Gasteiger partial charge in [-0.15, -0.1) is 0 Å². The van der Waals surface area contributed by atoms with Crippen LogP contribution in [0.15, 0.2) is 17.1 Å². The Morgan fingerprint density at radius 3 is 3.00 bits per heavy atom. The summed E-state index contributed by atoms with van der Waals surface area (Å²) in [6.45, 7) is 0.598. The van der Waals surface area contributed by atoms with Gasteiger partial charge in [-0.3, -0.25) is 0 Å². The summed E-state index contributed by atoms with van der Waals surface area (Å²) in [5.41, 5.74) is 6.63. The predicted octanol–water partition coefficient (Wildman–Crippen LogP) is 1.59. The molecule has 0 saturated heterocycles. The Bertz CT molecular complexity index is 361. The van der Waals surface area contributed by atoms with Crippen LogP contribution in [0.4, 0.5) is 5.69 Å². The first-order valence-electron chi connectivity index (χ1n) is 4.20. The monoisotopic (exact) mass is 211 g/mol. The number of pyridine rings is 1. The van der Waals surface area contributed by atoms with Crippen LogP contribution in [-0.4, -0.2) is 17.6 Å². The van der Waals surface area contributed by atoms with Crippen molar-refractivity contribution in [1.82, 2.24) is 4.98 Å². The first-order valence-corrected chi connectivity index (χ1v) is 4.58. The van der Waals surface area contributed by atoms with Crippen LogP contribution in [0.25, 0.3) is 0 Å². The van der Waals surface area contributed by atoms with Crippen molar-refractivity contribution in [3.63, 3.8) is 0 Å². The van der Waals surface area contributed by atoms with Gasteiger partial charge in [0.15, 0.2) is 0 Å². The first-order chi connectivity index (χ1) is 6.76. The minimum Gasteiger partial charge on any atom is -0.330 e. The Balaban J connectivity index is 2.89. The van der Waals surface area contributed by atoms with E-state index >= 15 is 0 Å². The molecule has 0 aliphatic heterocycles. The third kappa shape index (κ3) is 3.26. The molecule has 0 aromatic carbocycles. The van der Waals surface area contributed by atoms with Gasteiger partial charge in [-0.05, 0) is 25.5 Å². The van der Waals surface area contributed by atoms with E-state index in [1.165, 1.54) is 12.1 Å². The Kier molecular flexibility index (Phi) is 4.26. The van der Waals surface area contributed by atoms with Crippen molar-refractivity contribution in [2.75, 3.05) is 6.54 Å². The molecule has 0 unspecified atom stereocenters. The number of aryl methyl sites for hydroxylation is 1. The van der Waals surface area contributed by atoms with E-state index in [1.54, 1.807) is 6.07 Å². The van der Waals surface area contributed by atoms with Crippen molar-refractivity contribution in [2.45, 2.75) is 12.8 Å². The highest BCUT2D eigenvalue weighted by Gasteiger charge is 2.00. The smallest absolute Gasteiger partial charge is 0.240 e. The topological polar surface area (TPSA) is 68.3 Å². The molecule has 0 aliphatic rings. The molecule has 0 aliphatic carbocycles. The first kappa shape index (κ1) is 10.9. The summed E-state index contributed by atoms with van der Waals surface area (Å²) in [5, 5.41) is 0.327. The van der Waals surface area contributed by atoms with Crippen LogP contribution in [0.5, 0.6) is 0 Å². The average Bonchev–Trinajstić information content (AvgIpc) is 2.14. The maximum atomic E-state index is 10.0. The number of carbonyl (C=O) groups excluding carboxylic acids is 1. The summed E-state index contributed by atoms with van der Waals surface area (Å²) < 4.78 is 0. The van der Waals surface area contributed by atoms with Gasteiger partial charge >= 0.3 is 0 Å². The van der Waals surface area contributed by atoms with E-state index in [2.05, 4.69) is 9.98 Å². The molecule has 2 N–H and O–H groups in total. The molecule has 0 spiro atoms. The van der Waals surface area contributed by atoms with E-state index in [9.17, 15) is 4.79 Å². The van der Waals surface area contributed by atoms with Crippen LogP contribution >= 0.6 is 11.6 Å². The quantitative estimate of drug-likeness (QED) is 0.467. The molecule has 0 amide bonds.